The molecule has 0 spiro atoms. The van der Waals surface area contributed by atoms with Gasteiger partial charge in [-0.3, -0.25) is 0 Å². The van der Waals surface area contributed by atoms with E-state index in [1.54, 1.807) is 0 Å². The van der Waals surface area contributed by atoms with Gasteiger partial charge in [0.1, 0.15) is 0 Å². The van der Waals surface area contributed by atoms with E-state index in [2.05, 4.69) is 23.5 Å². The molecule has 0 fully saturated rings. The molecule has 1 aliphatic rings. The van der Waals surface area contributed by atoms with Gasteiger partial charge in [-0.2, -0.15) is 0 Å². The van der Waals surface area contributed by atoms with Crippen molar-refractivity contribution in [3.05, 3.63) is 34.9 Å². The average Bonchev–Trinajstić information content (AvgIpc) is 2.41. The first-order chi connectivity index (χ1) is 6.40. The van der Waals surface area contributed by atoms with Crippen LogP contribution in [0.5, 0.6) is 0 Å². The highest BCUT2D eigenvalue weighted by atomic mass is 79.9. The molecule has 1 aromatic carbocycles. The molecule has 14 heavy (non-hydrogen) atoms. The number of fused-ring (bicyclic) bond motifs is 1. The monoisotopic (exact) mass is 275 g/mol. The largest absolute Gasteiger partial charge is 0.316 e. The van der Waals surface area contributed by atoms with E-state index in [1.807, 2.05) is 0 Å². The van der Waals surface area contributed by atoms with Crippen LogP contribution >= 0.6 is 28.6 Å². The molecule has 0 amide bonds. The molecule has 0 radical (unpaired) electrons. The molecule has 1 aliphatic heterocycles. The lowest BCUT2D eigenvalue weighted by Crippen LogP contribution is -2.16. The van der Waals surface area contributed by atoms with Crippen molar-refractivity contribution >= 4 is 28.6 Å². The predicted molar refractivity (Wildman–Crippen MR) is 66.6 cm³/mol. The Kier molecular flexibility index (Phi) is 4.93. The smallest absolute Gasteiger partial charge is 0.0474 e. The Morgan fingerprint density at radius 2 is 1.86 bits per heavy atom. The third-order valence-electron chi connectivity index (χ3n) is 2.57. The van der Waals surface area contributed by atoms with Gasteiger partial charge in [0.15, 0.2) is 0 Å². The summed E-state index contributed by atoms with van der Waals surface area (Å²) in [6.07, 6.45) is 2.29. The molecule has 1 N–H and O–H groups in total. The van der Waals surface area contributed by atoms with Crippen molar-refractivity contribution in [1.82, 2.24) is 5.32 Å². The predicted octanol–water partition coefficient (Wildman–Crippen LogP) is 2.69. The van der Waals surface area contributed by atoms with E-state index >= 15 is 0 Å². The van der Waals surface area contributed by atoms with Crippen molar-refractivity contribution in [2.45, 2.75) is 18.7 Å². The van der Waals surface area contributed by atoms with Gasteiger partial charge in [0.25, 0.3) is 0 Å². The molecule has 3 heteroatoms. The van der Waals surface area contributed by atoms with Crippen molar-refractivity contribution in [2.24, 2.45) is 0 Å². The molecule has 2 rings (SSSR count). The summed E-state index contributed by atoms with van der Waals surface area (Å²) < 4.78 is 0. The van der Waals surface area contributed by atoms with Crippen LogP contribution in [0.15, 0.2) is 18.2 Å². The van der Waals surface area contributed by atoms with Gasteiger partial charge in [-0.25, -0.2) is 0 Å². The summed E-state index contributed by atoms with van der Waals surface area (Å²) in [4.78, 5) is 0. The lowest BCUT2D eigenvalue weighted by Gasteiger charge is -2.06. The number of halogens is 2. The van der Waals surface area contributed by atoms with E-state index < -0.39 is 0 Å². The highest BCUT2D eigenvalue weighted by Gasteiger charge is 2.06. The molecule has 1 aromatic rings. The number of hydrogen-bond donors (Lipinski definition) is 1. The van der Waals surface area contributed by atoms with E-state index in [0.29, 0.717) is 5.88 Å². The Balaban J connectivity index is 0.000000980. The van der Waals surface area contributed by atoms with Crippen LogP contribution < -0.4 is 5.32 Å². The maximum Gasteiger partial charge on any atom is 0.0474 e. The van der Waals surface area contributed by atoms with Crippen LogP contribution in [0.3, 0.4) is 0 Å². The fourth-order valence-electron chi connectivity index (χ4n) is 1.81. The molecule has 0 saturated heterocycles. The number of alkyl halides is 1. The summed E-state index contributed by atoms with van der Waals surface area (Å²) >= 11 is 5.79. The molecule has 0 unspecified atom stereocenters. The topological polar surface area (TPSA) is 12.0 Å². The number of nitrogens with one attached hydrogen (secondary N) is 1. The Morgan fingerprint density at radius 1 is 1.14 bits per heavy atom. The third kappa shape index (κ3) is 2.72. The fraction of sp³-hybridized carbons (Fsp3) is 0.455. The summed E-state index contributed by atoms with van der Waals surface area (Å²) in [5.74, 6) is 0.626. The molecular formula is C11H15BrClN. The molecule has 0 saturated carbocycles. The molecular weight excluding hydrogens is 261 g/mol. The van der Waals surface area contributed by atoms with Crippen LogP contribution in [-0.4, -0.2) is 13.1 Å². The first-order valence-corrected chi connectivity index (χ1v) is 5.31. The number of hydrogen-bond acceptors (Lipinski definition) is 1. The van der Waals surface area contributed by atoms with E-state index in [1.165, 1.54) is 16.7 Å². The Hall–Kier alpha value is -0.0500. The third-order valence-corrected chi connectivity index (χ3v) is 2.88. The highest BCUT2D eigenvalue weighted by molar-refractivity contribution is 8.93. The van der Waals surface area contributed by atoms with Crippen LogP contribution in [0.2, 0.25) is 0 Å². The SMILES string of the molecule is Br.ClCc1ccc2c(c1)CCNCC2. The zero-order chi connectivity index (χ0) is 9.10. The molecule has 1 nitrogen and oxygen atoms in total. The van der Waals surface area contributed by atoms with E-state index in [9.17, 15) is 0 Å². The van der Waals surface area contributed by atoms with Gasteiger partial charge in [0.05, 0.1) is 0 Å². The Labute approximate surface area is 101 Å². The van der Waals surface area contributed by atoms with Gasteiger partial charge in [0.2, 0.25) is 0 Å². The second-order valence-corrected chi connectivity index (χ2v) is 3.75. The summed E-state index contributed by atoms with van der Waals surface area (Å²) in [5, 5.41) is 3.40. The quantitative estimate of drug-likeness (QED) is 0.778. The first-order valence-electron chi connectivity index (χ1n) is 4.77. The van der Waals surface area contributed by atoms with Gasteiger partial charge in [-0.1, -0.05) is 18.2 Å². The van der Waals surface area contributed by atoms with Gasteiger partial charge in [-0.15, -0.1) is 28.6 Å². The summed E-state index contributed by atoms with van der Waals surface area (Å²) in [6, 6.07) is 6.60. The number of benzene rings is 1. The molecule has 78 valence electrons. The summed E-state index contributed by atoms with van der Waals surface area (Å²) in [6.45, 7) is 2.20. The lowest BCUT2D eigenvalue weighted by atomic mass is 10.0. The van der Waals surface area contributed by atoms with Gasteiger partial charge >= 0.3 is 0 Å². The zero-order valence-electron chi connectivity index (χ0n) is 8.05. The molecule has 0 aromatic heterocycles. The molecule has 0 aliphatic carbocycles. The summed E-state index contributed by atoms with van der Waals surface area (Å²) in [7, 11) is 0. The summed E-state index contributed by atoms with van der Waals surface area (Å²) in [5.41, 5.74) is 4.20. The van der Waals surface area contributed by atoms with E-state index in [0.717, 1.165) is 25.9 Å². The van der Waals surface area contributed by atoms with Crippen LogP contribution in [0.4, 0.5) is 0 Å². The number of rotatable bonds is 1. The second kappa shape index (κ2) is 5.74. The normalized spacial score (nSPS) is 15.2. The van der Waals surface area contributed by atoms with Crippen LogP contribution in [0.1, 0.15) is 16.7 Å². The average molecular weight is 277 g/mol. The molecule has 0 bridgehead atoms. The van der Waals surface area contributed by atoms with E-state index in [4.69, 9.17) is 11.6 Å². The minimum absolute atomic E-state index is 0. The maximum atomic E-state index is 5.79. The van der Waals surface area contributed by atoms with Crippen molar-refractivity contribution in [3.8, 4) is 0 Å². The van der Waals surface area contributed by atoms with Gasteiger partial charge in [-0.05, 0) is 42.6 Å². The second-order valence-electron chi connectivity index (χ2n) is 3.49. The van der Waals surface area contributed by atoms with Crippen molar-refractivity contribution in [2.75, 3.05) is 13.1 Å². The van der Waals surface area contributed by atoms with Crippen molar-refractivity contribution < 1.29 is 0 Å². The van der Waals surface area contributed by atoms with Crippen molar-refractivity contribution in [1.29, 1.82) is 0 Å². The Bertz CT molecular complexity index is 301. The zero-order valence-corrected chi connectivity index (χ0v) is 10.5. The van der Waals surface area contributed by atoms with E-state index in [-0.39, 0.29) is 17.0 Å². The maximum absolute atomic E-state index is 5.79. The van der Waals surface area contributed by atoms with Gasteiger partial charge < -0.3 is 5.32 Å². The van der Waals surface area contributed by atoms with Crippen molar-refractivity contribution in [3.63, 3.8) is 0 Å². The molecule has 1 heterocycles. The highest BCUT2D eigenvalue weighted by Crippen LogP contribution is 2.16. The molecule has 0 atom stereocenters. The van der Waals surface area contributed by atoms with Crippen LogP contribution in [0, 0.1) is 0 Å². The van der Waals surface area contributed by atoms with Gasteiger partial charge in [0, 0.05) is 5.88 Å². The fourth-order valence-corrected chi connectivity index (χ4v) is 1.98. The van der Waals surface area contributed by atoms with Crippen LogP contribution in [0.25, 0.3) is 0 Å². The minimum Gasteiger partial charge on any atom is -0.316 e. The first kappa shape index (κ1) is 12.0. The standard InChI is InChI=1S/C11H14ClN.BrH/c12-8-9-1-2-10-3-5-13-6-4-11(10)7-9;/h1-2,7,13H,3-6,8H2;1H. The minimum atomic E-state index is 0. The van der Waals surface area contributed by atoms with Crippen LogP contribution in [-0.2, 0) is 18.7 Å². The Morgan fingerprint density at radius 3 is 2.57 bits per heavy atom. The lowest BCUT2D eigenvalue weighted by molar-refractivity contribution is 0.711.